The minimum atomic E-state index is -0.690. The van der Waals surface area contributed by atoms with E-state index in [1.165, 1.54) is 6.42 Å². The number of amidine groups is 1. The zero-order chi connectivity index (χ0) is 15.1. The molecule has 2 aliphatic rings. The summed E-state index contributed by atoms with van der Waals surface area (Å²) in [4.78, 5) is 12.3. The minimum Gasteiger partial charge on any atom is -0.409 e. The number of ether oxygens (including phenoxy) is 1. The summed E-state index contributed by atoms with van der Waals surface area (Å²) in [7, 11) is 0. The average molecular weight is 297 g/mol. The van der Waals surface area contributed by atoms with Crippen molar-refractivity contribution >= 4 is 11.7 Å². The average Bonchev–Trinajstić information content (AvgIpc) is 2.93. The van der Waals surface area contributed by atoms with E-state index in [0.29, 0.717) is 6.42 Å². The molecule has 2 fully saturated rings. The molecule has 0 spiro atoms. The lowest BCUT2D eigenvalue weighted by Gasteiger charge is -2.35. The number of hydrogen-bond acceptors (Lipinski definition) is 4. The number of nitrogens with one attached hydrogen (secondary N) is 1. The number of amides is 1. The summed E-state index contributed by atoms with van der Waals surface area (Å²) in [6.07, 6.45) is 9.24. The fourth-order valence-corrected chi connectivity index (χ4v) is 3.38. The Balaban J connectivity index is 2.01. The van der Waals surface area contributed by atoms with Crippen molar-refractivity contribution in [2.24, 2.45) is 10.9 Å². The molecule has 21 heavy (non-hydrogen) atoms. The van der Waals surface area contributed by atoms with E-state index in [0.717, 1.165) is 58.0 Å². The molecule has 1 aliphatic heterocycles. The van der Waals surface area contributed by atoms with Crippen molar-refractivity contribution in [1.82, 2.24) is 5.32 Å². The summed E-state index contributed by atoms with van der Waals surface area (Å²) >= 11 is 0. The molecule has 0 bridgehead atoms. The predicted octanol–water partition coefficient (Wildman–Crippen LogP) is 1.90. The number of carbonyl (C=O) groups excluding carboxylic acids is 1. The third-order valence-electron chi connectivity index (χ3n) is 4.62. The van der Waals surface area contributed by atoms with Gasteiger partial charge in [0.15, 0.2) is 5.84 Å². The van der Waals surface area contributed by atoms with Gasteiger partial charge in [0.1, 0.15) is 5.54 Å². The first-order chi connectivity index (χ1) is 10.2. The Labute approximate surface area is 126 Å². The molecule has 1 amide bonds. The van der Waals surface area contributed by atoms with Gasteiger partial charge in [-0.2, -0.15) is 0 Å². The molecule has 1 atom stereocenters. The highest BCUT2D eigenvalue weighted by Gasteiger charge is 2.37. The van der Waals surface area contributed by atoms with Gasteiger partial charge >= 0.3 is 0 Å². The minimum absolute atomic E-state index is 0.0166. The fraction of sp³-hybridized carbons (Fsp3) is 0.867. The maximum Gasteiger partial charge on any atom is 0.223 e. The number of hydrogen-bond donors (Lipinski definition) is 3. The molecule has 2 rings (SSSR count). The van der Waals surface area contributed by atoms with Gasteiger partial charge in [0.05, 0.1) is 12.5 Å². The Morgan fingerprint density at radius 2 is 1.90 bits per heavy atom. The normalized spacial score (nSPS) is 26.9. The summed E-state index contributed by atoms with van der Waals surface area (Å²) in [5, 5.41) is 15.3. The van der Waals surface area contributed by atoms with Gasteiger partial charge in [0, 0.05) is 6.61 Å². The molecule has 0 aromatic rings. The molecular formula is C15H27N3O3. The largest absolute Gasteiger partial charge is 0.409 e. The summed E-state index contributed by atoms with van der Waals surface area (Å²) in [5.74, 6) is 0.0687. The van der Waals surface area contributed by atoms with E-state index in [1.807, 2.05) is 0 Å². The van der Waals surface area contributed by atoms with Gasteiger partial charge in [0.2, 0.25) is 5.91 Å². The zero-order valence-electron chi connectivity index (χ0n) is 12.6. The van der Waals surface area contributed by atoms with Crippen molar-refractivity contribution < 1.29 is 14.7 Å². The third-order valence-corrected chi connectivity index (χ3v) is 4.62. The molecule has 1 heterocycles. The van der Waals surface area contributed by atoms with Crippen molar-refractivity contribution in [2.75, 3.05) is 6.61 Å². The number of nitrogens with two attached hydrogens (primary N) is 1. The van der Waals surface area contributed by atoms with Crippen molar-refractivity contribution in [1.29, 1.82) is 0 Å². The molecule has 4 N–H and O–H groups in total. The van der Waals surface area contributed by atoms with Gasteiger partial charge in [0.25, 0.3) is 0 Å². The van der Waals surface area contributed by atoms with Gasteiger partial charge < -0.3 is 21.0 Å². The molecule has 0 aromatic carbocycles. The van der Waals surface area contributed by atoms with Crippen LogP contribution in [-0.4, -0.2) is 35.2 Å². The highest BCUT2D eigenvalue weighted by molar-refractivity contribution is 5.94. The number of oxime groups is 1. The topological polar surface area (TPSA) is 96.9 Å². The van der Waals surface area contributed by atoms with Gasteiger partial charge in [-0.1, -0.05) is 37.3 Å². The Morgan fingerprint density at radius 1 is 1.24 bits per heavy atom. The molecule has 6 heteroatoms. The van der Waals surface area contributed by atoms with Crippen LogP contribution in [0.15, 0.2) is 5.16 Å². The van der Waals surface area contributed by atoms with E-state index < -0.39 is 5.54 Å². The Bertz CT molecular complexity index is 370. The van der Waals surface area contributed by atoms with Crippen LogP contribution in [0.5, 0.6) is 0 Å². The number of carbonyl (C=O) groups is 1. The van der Waals surface area contributed by atoms with Crippen LogP contribution in [0.25, 0.3) is 0 Å². The molecule has 6 nitrogen and oxygen atoms in total. The monoisotopic (exact) mass is 297 g/mol. The fourth-order valence-electron chi connectivity index (χ4n) is 3.38. The van der Waals surface area contributed by atoms with Crippen LogP contribution in [0.3, 0.4) is 0 Å². The second-order valence-electron chi connectivity index (χ2n) is 6.22. The molecule has 1 aliphatic carbocycles. The van der Waals surface area contributed by atoms with E-state index in [9.17, 15) is 4.79 Å². The lowest BCUT2D eigenvalue weighted by molar-refractivity contribution is -0.124. The highest BCUT2D eigenvalue weighted by atomic mass is 16.5. The molecular weight excluding hydrogens is 270 g/mol. The third kappa shape index (κ3) is 4.33. The van der Waals surface area contributed by atoms with Gasteiger partial charge in [-0.05, 0) is 25.7 Å². The van der Waals surface area contributed by atoms with Crippen LogP contribution in [0.2, 0.25) is 0 Å². The predicted molar refractivity (Wildman–Crippen MR) is 80.2 cm³/mol. The van der Waals surface area contributed by atoms with Crippen molar-refractivity contribution in [3.8, 4) is 0 Å². The van der Waals surface area contributed by atoms with Crippen LogP contribution < -0.4 is 11.1 Å². The lowest BCUT2D eigenvalue weighted by Crippen LogP contribution is -2.58. The first-order valence-electron chi connectivity index (χ1n) is 8.07. The van der Waals surface area contributed by atoms with Crippen molar-refractivity contribution in [3.05, 3.63) is 0 Å². The standard InChI is InChI=1S/C15H27N3O3/c16-14(18-20)15(8-4-2-1-3-5-9-15)17-13(19)11-12-7-6-10-21-12/h12,20H,1-11H2,(H2,16,18)(H,17,19). The van der Waals surface area contributed by atoms with Crippen LogP contribution in [0, 0.1) is 0 Å². The molecule has 0 aromatic heterocycles. The molecule has 1 unspecified atom stereocenters. The summed E-state index contributed by atoms with van der Waals surface area (Å²) < 4.78 is 5.51. The van der Waals surface area contributed by atoms with Crippen LogP contribution in [0.4, 0.5) is 0 Å². The quantitative estimate of drug-likeness (QED) is 0.319. The van der Waals surface area contributed by atoms with E-state index in [1.54, 1.807) is 0 Å². The van der Waals surface area contributed by atoms with Crippen molar-refractivity contribution in [3.63, 3.8) is 0 Å². The van der Waals surface area contributed by atoms with E-state index in [4.69, 9.17) is 15.7 Å². The van der Waals surface area contributed by atoms with Crippen LogP contribution >= 0.6 is 0 Å². The summed E-state index contributed by atoms with van der Waals surface area (Å²) in [6.45, 7) is 0.739. The highest BCUT2D eigenvalue weighted by Crippen LogP contribution is 2.27. The second-order valence-corrected chi connectivity index (χ2v) is 6.22. The zero-order valence-corrected chi connectivity index (χ0v) is 12.6. The Kier molecular flexibility index (Phi) is 5.85. The first kappa shape index (κ1) is 16.1. The van der Waals surface area contributed by atoms with E-state index in [2.05, 4.69) is 10.5 Å². The van der Waals surface area contributed by atoms with Gasteiger partial charge in [-0.3, -0.25) is 4.79 Å². The van der Waals surface area contributed by atoms with Crippen molar-refractivity contribution in [2.45, 2.75) is 75.9 Å². The van der Waals surface area contributed by atoms with Crippen LogP contribution in [0.1, 0.15) is 64.2 Å². The molecule has 0 radical (unpaired) electrons. The van der Waals surface area contributed by atoms with Gasteiger partial charge in [-0.15, -0.1) is 0 Å². The number of nitrogens with zero attached hydrogens (tertiary/aromatic N) is 1. The summed E-state index contributed by atoms with van der Waals surface area (Å²) in [6, 6.07) is 0. The number of rotatable bonds is 4. The first-order valence-corrected chi connectivity index (χ1v) is 8.07. The second kappa shape index (κ2) is 7.64. The Morgan fingerprint density at radius 3 is 2.48 bits per heavy atom. The van der Waals surface area contributed by atoms with Gasteiger partial charge in [-0.25, -0.2) is 0 Å². The lowest BCUT2D eigenvalue weighted by atomic mass is 9.82. The van der Waals surface area contributed by atoms with E-state index >= 15 is 0 Å². The molecule has 120 valence electrons. The molecule has 1 saturated heterocycles. The van der Waals surface area contributed by atoms with Crippen LogP contribution in [-0.2, 0) is 9.53 Å². The molecule has 1 saturated carbocycles. The SMILES string of the molecule is NC(=NO)C1(NC(=O)CC2CCCO2)CCCCCCC1. The summed E-state index contributed by atoms with van der Waals surface area (Å²) in [5.41, 5.74) is 5.22. The Hall–Kier alpha value is -1.30. The maximum absolute atomic E-state index is 12.3. The maximum atomic E-state index is 12.3. The smallest absolute Gasteiger partial charge is 0.223 e. The van der Waals surface area contributed by atoms with E-state index in [-0.39, 0.29) is 17.8 Å².